The number of rotatable bonds is 6. The molecule has 166 valence electrons. The molecule has 0 bridgehead atoms. The predicted octanol–water partition coefficient (Wildman–Crippen LogP) is 4.12. The van der Waals surface area contributed by atoms with Crippen molar-refractivity contribution in [3.05, 3.63) is 94.4 Å². The Morgan fingerprint density at radius 3 is 2.55 bits per heavy atom. The van der Waals surface area contributed by atoms with Crippen molar-refractivity contribution < 1.29 is 13.2 Å². The maximum absolute atomic E-state index is 12.5. The van der Waals surface area contributed by atoms with Crippen molar-refractivity contribution in [3.8, 4) is 0 Å². The summed E-state index contributed by atoms with van der Waals surface area (Å²) < 4.78 is 26.1. The summed E-state index contributed by atoms with van der Waals surface area (Å²) in [5, 5.41) is 13.4. The lowest BCUT2D eigenvalue weighted by molar-refractivity contribution is -0.115. The second-order valence-electron chi connectivity index (χ2n) is 7.37. The molecule has 4 rings (SSSR count). The summed E-state index contributed by atoms with van der Waals surface area (Å²) in [4.78, 5) is 15.8. The van der Waals surface area contributed by atoms with Crippen LogP contribution < -0.4 is 10.5 Å². The highest BCUT2D eigenvalue weighted by Crippen LogP contribution is 2.27. The van der Waals surface area contributed by atoms with E-state index in [-0.39, 0.29) is 22.9 Å². The average Bonchev–Trinajstić information content (AvgIpc) is 3.16. The van der Waals surface area contributed by atoms with Gasteiger partial charge in [0.2, 0.25) is 15.9 Å². The van der Waals surface area contributed by atoms with Gasteiger partial charge in [0.15, 0.2) is 5.69 Å². The number of nitrogens with zero attached hydrogens (tertiary/aromatic N) is 3. The standard InChI is InChI=1S/C23H18ClN5O3S/c1-26-17-8-6-15(7-9-17)13-29-14-19-21(28-29)11-18(12-22(19)33(25,31)32)27-23(30)10-16-4-2-3-5-20(16)24/h2-9,11-12,14H,10,13H2,(H,27,30)(H2,25,31,32). The van der Waals surface area contributed by atoms with Crippen LogP contribution in [0.25, 0.3) is 15.7 Å². The van der Waals surface area contributed by atoms with E-state index in [0.29, 0.717) is 33.7 Å². The SMILES string of the molecule is [C-]#[N+]c1ccc(Cn2cc3c(S(N)(=O)=O)cc(NC(=O)Cc4ccccc4Cl)cc3n2)cc1. The Bertz CT molecular complexity index is 1510. The molecule has 0 saturated carbocycles. The van der Waals surface area contributed by atoms with Crippen LogP contribution in [0, 0.1) is 6.57 Å². The molecule has 0 radical (unpaired) electrons. The number of carbonyl (C=O) groups is 1. The van der Waals surface area contributed by atoms with Crippen molar-refractivity contribution in [3.63, 3.8) is 0 Å². The molecule has 3 N–H and O–H groups in total. The Hall–Kier alpha value is -3.71. The van der Waals surface area contributed by atoms with E-state index in [4.69, 9.17) is 23.3 Å². The second kappa shape index (κ2) is 9.03. The van der Waals surface area contributed by atoms with Gasteiger partial charge in [0.25, 0.3) is 0 Å². The smallest absolute Gasteiger partial charge is 0.238 e. The monoisotopic (exact) mass is 479 g/mol. The minimum Gasteiger partial charge on any atom is -0.326 e. The van der Waals surface area contributed by atoms with Crippen LogP contribution >= 0.6 is 11.6 Å². The molecule has 1 amide bonds. The summed E-state index contributed by atoms with van der Waals surface area (Å²) in [7, 11) is -4.08. The van der Waals surface area contributed by atoms with Crippen molar-refractivity contribution in [2.45, 2.75) is 17.9 Å². The third-order valence-corrected chi connectivity index (χ3v) is 6.26. The van der Waals surface area contributed by atoms with Gasteiger partial charge in [0.05, 0.1) is 29.9 Å². The quantitative estimate of drug-likeness (QED) is 0.405. The third-order valence-electron chi connectivity index (χ3n) is 4.94. The zero-order valence-corrected chi connectivity index (χ0v) is 18.8. The molecule has 0 aliphatic carbocycles. The van der Waals surface area contributed by atoms with Crippen molar-refractivity contribution in [2.75, 3.05) is 5.32 Å². The molecule has 0 atom stereocenters. The van der Waals surface area contributed by atoms with Gasteiger partial charge in [-0.2, -0.15) is 5.10 Å². The largest absolute Gasteiger partial charge is 0.326 e. The summed E-state index contributed by atoms with van der Waals surface area (Å²) in [6.07, 6.45) is 1.62. The van der Waals surface area contributed by atoms with E-state index in [2.05, 4.69) is 15.3 Å². The van der Waals surface area contributed by atoms with E-state index in [0.717, 1.165) is 5.56 Å². The molecule has 8 nitrogen and oxygen atoms in total. The van der Waals surface area contributed by atoms with Crippen molar-refractivity contribution >= 4 is 49.8 Å². The summed E-state index contributed by atoms with van der Waals surface area (Å²) >= 11 is 6.12. The van der Waals surface area contributed by atoms with Crippen molar-refractivity contribution in [1.82, 2.24) is 9.78 Å². The zero-order chi connectivity index (χ0) is 23.6. The third kappa shape index (κ3) is 5.21. The fourth-order valence-corrected chi connectivity index (χ4v) is 4.37. The van der Waals surface area contributed by atoms with E-state index in [9.17, 15) is 13.2 Å². The first-order valence-electron chi connectivity index (χ1n) is 9.76. The van der Waals surface area contributed by atoms with Crippen LogP contribution in [0.4, 0.5) is 11.4 Å². The summed E-state index contributed by atoms with van der Waals surface area (Å²) in [6.45, 7) is 7.40. The molecule has 33 heavy (non-hydrogen) atoms. The molecule has 1 heterocycles. The van der Waals surface area contributed by atoms with E-state index < -0.39 is 10.0 Å². The van der Waals surface area contributed by atoms with Crippen LogP contribution in [-0.4, -0.2) is 24.1 Å². The molecule has 10 heteroatoms. The van der Waals surface area contributed by atoms with E-state index in [1.54, 1.807) is 65.5 Å². The van der Waals surface area contributed by atoms with Gasteiger partial charge in [-0.15, -0.1) is 0 Å². The molecular weight excluding hydrogens is 462 g/mol. The number of amides is 1. The Labute approximate surface area is 195 Å². The van der Waals surface area contributed by atoms with Crippen LogP contribution in [0.3, 0.4) is 0 Å². The maximum Gasteiger partial charge on any atom is 0.238 e. The number of primary sulfonamides is 1. The molecule has 4 aromatic rings. The van der Waals surface area contributed by atoms with Gasteiger partial charge in [0.1, 0.15) is 0 Å². The summed E-state index contributed by atoms with van der Waals surface area (Å²) in [5.74, 6) is -0.359. The summed E-state index contributed by atoms with van der Waals surface area (Å²) in [6, 6.07) is 16.9. The Morgan fingerprint density at radius 2 is 1.88 bits per heavy atom. The first-order valence-corrected chi connectivity index (χ1v) is 11.7. The van der Waals surface area contributed by atoms with Crippen LogP contribution in [0.15, 0.2) is 71.8 Å². The average molecular weight is 480 g/mol. The number of sulfonamides is 1. The number of aromatic nitrogens is 2. The normalized spacial score (nSPS) is 11.3. The predicted molar refractivity (Wildman–Crippen MR) is 127 cm³/mol. The van der Waals surface area contributed by atoms with Crippen molar-refractivity contribution in [2.24, 2.45) is 5.14 Å². The highest BCUT2D eigenvalue weighted by molar-refractivity contribution is 7.89. The molecule has 3 aromatic carbocycles. The first kappa shape index (κ1) is 22.5. The van der Waals surface area contributed by atoms with Gasteiger partial charge in [-0.25, -0.2) is 18.4 Å². The fourth-order valence-electron chi connectivity index (χ4n) is 3.41. The van der Waals surface area contributed by atoms with Crippen LogP contribution in [-0.2, 0) is 27.8 Å². The maximum atomic E-state index is 12.5. The van der Waals surface area contributed by atoms with E-state index >= 15 is 0 Å². The number of hydrogen-bond acceptors (Lipinski definition) is 4. The molecule has 1 aromatic heterocycles. The number of hydrogen-bond donors (Lipinski definition) is 2. The Kier molecular flexibility index (Phi) is 6.16. The van der Waals surface area contributed by atoms with E-state index in [1.165, 1.54) is 6.07 Å². The molecule has 0 aliphatic heterocycles. The lowest BCUT2D eigenvalue weighted by Gasteiger charge is -2.08. The van der Waals surface area contributed by atoms with Crippen LogP contribution in [0.2, 0.25) is 5.02 Å². The highest BCUT2D eigenvalue weighted by Gasteiger charge is 2.18. The fraction of sp³-hybridized carbons (Fsp3) is 0.0870. The molecular formula is C23H18ClN5O3S. The lowest BCUT2D eigenvalue weighted by Crippen LogP contribution is -2.16. The zero-order valence-electron chi connectivity index (χ0n) is 17.2. The number of carbonyl (C=O) groups excluding carboxylic acids is 1. The minimum atomic E-state index is -4.08. The number of benzene rings is 3. The molecule has 0 saturated heterocycles. The number of nitrogens with one attached hydrogen (secondary N) is 1. The van der Waals surface area contributed by atoms with Crippen LogP contribution in [0.1, 0.15) is 11.1 Å². The number of nitrogens with two attached hydrogens (primary N) is 1. The summed E-state index contributed by atoms with van der Waals surface area (Å²) in [5.41, 5.74) is 2.69. The van der Waals surface area contributed by atoms with E-state index in [1.807, 2.05) is 0 Å². The topological polar surface area (TPSA) is 111 Å². The van der Waals surface area contributed by atoms with Gasteiger partial charge < -0.3 is 5.32 Å². The van der Waals surface area contributed by atoms with Gasteiger partial charge >= 0.3 is 0 Å². The first-order chi connectivity index (χ1) is 15.7. The van der Waals surface area contributed by atoms with Crippen molar-refractivity contribution in [1.29, 1.82) is 0 Å². The second-order valence-corrected chi connectivity index (χ2v) is 9.31. The number of anilines is 1. The van der Waals surface area contributed by atoms with Gasteiger partial charge in [-0.1, -0.05) is 54.1 Å². The van der Waals surface area contributed by atoms with Gasteiger partial charge in [-0.3, -0.25) is 9.48 Å². The lowest BCUT2D eigenvalue weighted by atomic mass is 10.1. The van der Waals surface area contributed by atoms with Gasteiger partial charge in [-0.05, 0) is 29.3 Å². The van der Waals surface area contributed by atoms with Crippen LogP contribution in [0.5, 0.6) is 0 Å². The Balaban J connectivity index is 1.64. The van der Waals surface area contributed by atoms with Gasteiger partial charge in [0, 0.05) is 22.3 Å². The molecule has 0 unspecified atom stereocenters. The molecule has 0 fully saturated rings. The Morgan fingerprint density at radius 1 is 1.15 bits per heavy atom. The number of fused-ring (bicyclic) bond motifs is 1. The highest BCUT2D eigenvalue weighted by atomic mass is 35.5. The molecule has 0 aliphatic rings. The minimum absolute atomic E-state index is 0.0253. The number of halogens is 1. The molecule has 0 spiro atoms.